The van der Waals surface area contributed by atoms with Crippen LogP contribution in [0.25, 0.3) is 0 Å². The van der Waals surface area contributed by atoms with Gasteiger partial charge in [-0.05, 0) is 44.7 Å². The van der Waals surface area contributed by atoms with Crippen molar-refractivity contribution in [2.45, 2.75) is 46.1 Å². The van der Waals surface area contributed by atoms with Gasteiger partial charge in [0.2, 0.25) is 0 Å². The van der Waals surface area contributed by atoms with Crippen LogP contribution in [-0.4, -0.2) is 50.8 Å². The van der Waals surface area contributed by atoms with Crippen LogP contribution in [0.1, 0.15) is 40.0 Å². The molecule has 1 heterocycles. The summed E-state index contributed by atoms with van der Waals surface area (Å²) in [5.41, 5.74) is 0. The van der Waals surface area contributed by atoms with Gasteiger partial charge in [-0.15, -0.1) is 0 Å². The van der Waals surface area contributed by atoms with Gasteiger partial charge in [-0.3, -0.25) is 0 Å². The molecule has 1 atom stereocenters. The first kappa shape index (κ1) is 15.9. The topological polar surface area (TPSA) is 24.5 Å². The van der Waals surface area contributed by atoms with Crippen molar-refractivity contribution in [2.75, 3.05) is 39.9 Å². The number of nitrogens with one attached hydrogen (secondary N) is 1. The molecule has 0 aromatic carbocycles. The third-order valence-corrected chi connectivity index (χ3v) is 3.88. The SMILES string of the molecule is CCCNC(CN(C)CC1CCOCC1)C(C)C. The molecule has 0 aliphatic carbocycles. The normalized spacial score (nSPS) is 19.7. The fraction of sp³-hybridized carbons (Fsp3) is 1.00. The summed E-state index contributed by atoms with van der Waals surface area (Å²) in [6.07, 6.45) is 3.69. The van der Waals surface area contributed by atoms with Crippen LogP contribution in [0.15, 0.2) is 0 Å². The molecule has 1 aliphatic heterocycles. The molecule has 0 spiro atoms. The van der Waals surface area contributed by atoms with Crippen LogP contribution in [0, 0.1) is 11.8 Å². The molecule has 1 unspecified atom stereocenters. The Kier molecular flexibility index (Phi) is 7.87. The quantitative estimate of drug-likeness (QED) is 0.721. The van der Waals surface area contributed by atoms with Gasteiger partial charge in [-0.1, -0.05) is 20.8 Å². The molecule has 0 saturated carbocycles. The summed E-state index contributed by atoms with van der Waals surface area (Å²) in [7, 11) is 2.26. The number of hydrogen-bond donors (Lipinski definition) is 1. The standard InChI is InChI=1S/C15H32N2O/c1-5-8-16-15(13(2)3)12-17(4)11-14-6-9-18-10-7-14/h13-16H,5-12H2,1-4H3. The predicted octanol–water partition coefficient (Wildman–Crippen LogP) is 2.37. The molecule has 1 saturated heterocycles. The molecule has 1 N–H and O–H groups in total. The Morgan fingerprint density at radius 3 is 2.50 bits per heavy atom. The highest BCUT2D eigenvalue weighted by Crippen LogP contribution is 2.16. The van der Waals surface area contributed by atoms with E-state index in [1.165, 1.54) is 25.8 Å². The minimum absolute atomic E-state index is 0.620. The van der Waals surface area contributed by atoms with Crippen LogP contribution in [0.2, 0.25) is 0 Å². The zero-order chi connectivity index (χ0) is 13.4. The smallest absolute Gasteiger partial charge is 0.0469 e. The van der Waals surface area contributed by atoms with Crippen molar-refractivity contribution in [1.29, 1.82) is 0 Å². The Labute approximate surface area is 113 Å². The van der Waals surface area contributed by atoms with Crippen molar-refractivity contribution in [3.8, 4) is 0 Å². The molecule has 0 aromatic heterocycles. The fourth-order valence-corrected chi connectivity index (χ4v) is 2.62. The van der Waals surface area contributed by atoms with Gasteiger partial charge in [0.1, 0.15) is 0 Å². The predicted molar refractivity (Wildman–Crippen MR) is 78.0 cm³/mol. The van der Waals surface area contributed by atoms with Gasteiger partial charge in [0.15, 0.2) is 0 Å². The number of nitrogens with zero attached hydrogens (tertiary/aromatic N) is 1. The molecule has 0 bridgehead atoms. The third-order valence-electron chi connectivity index (χ3n) is 3.88. The lowest BCUT2D eigenvalue weighted by Gasteiger charge is -2.31. The van der Waals surface area contributed by atoms with E-state index < -0.39 is 0 Å². The molecular weight excluding hydrogens is 224 g/mol. The van der Waals surface area contributed by atoms with Gasteiger partial charge < -0.3 is 15.0 Å². The van der Waals surface area contributed by atoms with Gasteiger partial charge in [0, 0.05) is 32.3 Å². The third kappa shape index (κ3) is 6.17. The molecule has 1 rings (SSSR count). The molecule has 1 aliphatic rings. The second kappa shape index (κ2) is 8.89. The molecule has 0 radical (unpaired) electrons. The minimum atomic E-state index is 0.620. The maximum atomic E-state index is 5.42. The first-order valence-electron chi connectivity index (χ1n) is 7.63. The van der Waals surface area contributed by atoms with Crippen LogP contribution in [0.5, 0.6) is 0 Å². The summed E-state index contributed by atoms with van der Waals surface area (Å²) in [5.74, 6) is 1.54. The van der Waals surface area contributed by atoms with Crippen LogP contribution in [0.4, 0.5) is 0 Å². The molecule has 1 fully saturated rings. The Hall–Kier alpha value is -0.120. The molecular formula is C15H32N2O. The summed E-state index contributed by atoms with van der Waals surface area (Å²) in [4.78, 5) is 2.50. The fourth-order valence-electron chi connectivity index (χ4n) is 2.62. The van der Waals surface area contributed by atoms with Gasteiger partial charge in [0.05, 0.1) is 0 Å². The first-order valence-corrected chi connectivity index (χ1v) is 7.63. The summed E-state index contributed by atoms with van der Waals surface area (Å²) < 4.78 is 5.42. The summed E-state index contributed by atoms with van der Waals surface area (Å²) >= 11 is 0. The zero-order valence-electron chi connectivity index (χ0n) is 12.7. The van der Waals surface area contributed by atoms with E-state index in [-0.39, 0.29) is 0 Å². The van der Waals surface area contributed by atoms with Crippen molar-refractivity contribution in [3.63, 3.8) is 0 Å². The monoisotopic (exact) mass is 256 g/mol. The Morgan fingerprint density at radius 2 is 1.94 bits per heavy atom. The van der Waals surface area contributed by atoms with Gasteiger partial charge >= 0.3 is 0 Å². The lowest BCUT2D eigenvalue weighted by atomic mass is 9.98. The van der Waals surface area contributed by atoms with E-state index in [2.05, 4.69) is 38.0 Å². The lowest BCUT2D eigenvalue weighted by Crippen LogP contribution is -2.44. The average molecular weight is 256 g/mol. The maximum Gasteiger partial charge on any atom is 0.0469 e. The van der Waals surface area contributed by atoms with E-state index in [1.54, 1.807) is 0 Å². The Balaban J connectivity index is 2.28. The van der Waals surface area contributed by atoms with E-state index in [1.807, 2.05) is 0 Å². The molecule has 3 nitrogen and oxygen atoms in total. The average Bonchev–Trinajstić information content (AvgIpc) is 2.35. The number of rotatable bonds is 8. The summed E-state index contributed by atoms with van der Waals surface area (Å²) in [5, 5.41) is 3.67. The highest BCUT2D eigenvalue weighted by molar-refractivity contribution is 4.76. The largest absolute Gasteiger partial charge is 0.381 e. The number of hydrogen-bond acceptors (Lipinski definition) is 3. The highest BCUT2D eigenvalue weighted by atomic mass is 16.5. The number of likely N-dealkylation sites (N-methyl/N-ethyl adjacent to an activating group) is 1. The van der Waals surface area contributed by atoms with Crippen LogP contribution in [-0.2, 0) is 4.74 Å². The van der Waals surface area contributed by atoms with Crippen LogP contribution >= 0.6 is 0 Å². The zero-order valence-corrected chi connectivity index (χ0v) is 12.7. The van der Waals surface area contributed by atoms with Crippen LogP contribution < -0.4 is 5.32 Å². The molecule has 108 valence electrons. The van der Waals surface area contributed by atoms with E-state index in [4.69, 9.17) is 4.74 Å². The van der Waals surface area contributed by atoms with Crippen molar-refractivity contribution in [3.05, 3.63) is 0 Å². The van der Waals surface area contributed by atoms with E-state index >= 15 is 0 Å². The van der Waals surface area contributed by atoms with Crippen molar-refractivity contribution < 1.29 is 4.74 Å². The van der Waals surface area contributed by atoms with Crippen LogP contribution in [0.3, 0.4) is 0 Å². The second-order valence-corrected chi connectivity index (χ2v) is 6.08. The van der Waals surface area contributed by atoms with Crippen molar-refractivity contribution >= 4 is 0 Å². The molecule has 0 amide bonds. The Morgan fingerprint density at radius 1 is 1.28 bits per heavy atom. The van der Waals surface area contributed by atoms with E-state index in [0.717, 1.165) is 32.2 Å². The van der Waals surface area contributed by atoms with Gasteiger partial charge in [-0.2, -0.15) is 0 Å². The summed E-state index contributed by atoms with van der Waals surface area (Å²) in [6, 6.07) is 0.620. The first-order chi connectivity index (χ1) is 8.63. The maximum absolute atomic E-state index is 5.42. The van der Waals surface area contributed by atoms with Gasteiger partial charge in [-0.25, -0.2) is 0 Å². The minimum Gasteiger partial charge on any atom is -0.381 e. The van der Waals surface area contributed by atoms with Crippen molar-refractivity contribution in [1.82, 2.24) is 10.2 Å². The van der Waals surface area contributed by atoms with E-state index in [0.29, 0.717) is 12.0 Å². The molecule has 3 heteroatoms. The highest BCUT2D eigenvalue weighted by Gasteiger charge is 2.19. The molecule has 0 aromatic rings. The lowest BCUT2D eigenvalue weighted by molar-refractivity contribution is 0.0540. The molecule has 18 heavy (non-hydrogen) atoms. The van der Waals surface area contributed by atoms with E-state index in [9.17, 15) is 0 Å². The summed E-state index contributed by atoms with van der Waals surface area (Å²) in [6.45, 7) is 12.3. The second-order valence-electron chi connectivity index (χ2n) is 6.08. The Bertz CT molecular complexity index is 203. The van der Waals surface area contributed by atoms with Gasteiger partial charge in [0.25, 0.3) is 0 Å². The number of ether oxygens (including phenoxy) is 1. The van der Waals surface area contributed by atoms with Crippen molar-refractivity contribution in [2.24, 2.45) is 11.8 Å².